The molecule has 2 aromatic carbocycles. The molecule has 42 heavy (non-hydrogen) atoms. The molecule has 2 aliphatic heterocycles. The molecule has 1 aromatic heterocycles. The minimum atomic E-state index is -2.92. The predicted molar refractivity (Wildman–Crippen MR) is 149 cm³/mol. The van der Waals surface area contributed by atoms with E-state index in [9.17, 15) is 18.0 Å². The van der Waals surface area contributed by atoms with Gasteiger partial charge < -0.3 is 23.9 Å². The molecule has 0 bridgehead atoms. The second-order valence-corrected chi connectivity index (χ2v) is 11.0. The zero-order valence-corrected chi connectivity index (χ0v) is 23.9. The highest BCUT2D eigenvalue weighted by Gasteiger charge is 2.43. The molecule has 0 saturated carbocycles. The zero-order chi connectivity index (χ0) is 30.0. The number of carbonyl (C=O) groups is 1. The fourth-order valence-corrected chi connectivity index (χ4v) is 5.73. The van der Waals surface area contributed by atoms with E-state index in [4.69, 9.17) is 26.2 Å². The van der Waals surface area contributed by atoms with Gasteiger partial charge in [-0.2, -0.15) is 8.78 Å². The standard InChI is InChI=1S/C30H31ClF3N3O5/c1-18(40-29(33)34)16-37-21(7-9-27(38)39)15-35-26(37)17-36-12-10-19(11-13-36)22-4-3-5-25-28(22)42-30(2,41-25)23-8-6-20(31)14-24(23)32/h3-9,14-15,18-19,29H,10-13,16-17H2,1-2H3,(H,38,39)/b9-7+. The van der Waals surface area contributed by atoms with Crippen molar-refractivity contribution < 1.29 is 37.3 Å². The SMILES string of the molecule is CC(Cn1c(/C=C/C(=O)O)cnc1CN1CCC(c2cccc3c2OC(C)(c2ccc(Cl)cc2F)O3)CC1)OC(F)F. The highest BCUT2D eigenvalue weighted by atomic mass is 35.5. The van der Waals surface area contributed by atoms with Gasteiger partial charge in [0.15, 0.2) is 11.5 Å². The lowest BCUT2D eigenvalue weighted by Crippen LogP contribution is -2.34. The van der Waals surface area contributed by atoms with Crippen molar-refractivity contribution in [2.24, 2.45) is 0 Å². The van der Waals surface area contributed by atoms with Crippen LogP contribution in [0.4, 0.5) is 13.2 Å². The molecule has 3 heterocycles. The zero-order valence-electron chi connectivity index (χ0n) is 23.1. The van der Waals surface area contributed by atoms with Crippen LogP contribution in [0.15, 0.2) is 48.7 Å². The van der Waals surface area contributed by atoms with Gasteiger partial charge in [0.25, 0.3) is 5.79 Å². The van der Waals surface area contributed by atoms with Gasteiger partial charge in [-0.25, -0.2) is 14.2 Å². The Morgan fingerprint density at radius 1 is 1.26 bits per heavy atom. The number of nitrogens with zero attached hydrogens (tertiary/aromatic N) is 3. The normalized spacial score (nSPS) is 20.1. The number of carboxylic acids is 1. The lowest BCUT2D eigenvalue weighted by Gasteiger charge is -2.32. The minimum absolute atomic E-state index is 0.0932. The van der Waals surface area contributed by atoms with Gasteiger partial charge in [-0.1, -0.05) is 23.7 Å². The molecule has 2 unspecified atom stereocenters. The maximum Gasteiger partial charge on any atom is 0.345 e. The molecule has 1 N–H and O–H groups in total. The number of aliphatic carboxylic acids is 1. The Balaban J connectivity index is 1.28. The molecule has 0 amide bonds. The van der Waals surface area contributed by atoms with Crippen LogP contribution < -0.4 is 9.47 Å². The number of imidazole rings is 1. The van der Waals surface area contributed by atoms with E-state index in [1.165, 1.54) is 25.3 Å². The van der Waals surface area contributed by atoms with Crippen molar-refractivity contribution in [3.8, 4) is 11.5 Å². The van der Waals surface area contributed by atoms with E-state index in [2.05, 4.69) is 14.6 Å². The molecular weight excluding hydrogens is 575 g/mol. The summed E-state index contributed by atoms with van der Waals surface area (Å²) in [4.78, 5) is 17.7. The molecule has 0 aliphatic carbocycles. The molecule has 3 aromatic rings. The number of ether oxygens (including phenoxy) is 3. The minimum Gasteiger partial charge on any atom is -0.478 e. The Morgan fingerprint density at radius 2 is 2.02 bits per heavy atom. The monoisotopic (exact) mass is 605 g/mol. The van der Waals surface area contributed by atoms with Gasteiger partial charge in [0.2, 0.25) is 0 Å². The topological polar surface area (TPSA) is 86.1 Å². The van der Waals surface area contributed by atoms with Crippen molar-refractivity contribution in [3.05, 3.63) is 82.2 Å². The molecule has 8 nitrogen and oxygen atoms in total. The van der Waals surface area contributed by atoms with E-state index in [-0.39, 0.29) is 23.0 Å². The molecule has 12 heteroatoms. The van der Waals surface area contributed by atoms with Crippen molar-refractivity contribution >= 4 is 23.6 Å². The molecule has 2 atom stereocenters. The van der Waals surface area contributed by atoms with Crippen molar-refractivity contribution in [2.75, 3.05) is 13.1 Å². The van der Waals surface area contributed by atoms with Crippen molar-refractivity contribution in [3.63, 3.8) is 0 Å². The molecule has 5 rings (SSSR count). The van der Waals surface area contributed by atoms with E-state index in [1.807, 2.05) is 18.2 Å². The molecule has 1 saturated heterocycles. The third-order valence-electron chi connectivity index (χ3n) is 7.56. The van der Waals surface area contributed by atoms with Gasteiger partial charge in [0, 0.05) is 23.6 Å². The molecule has 2 aliphatic rings. The van der Waals surface area contributed by atoms with Gasteiger partial charge in [0.05, 0.1) is 36.6 Å². The Morgan fingerprint density at radius 3 is 2.71 bits per heavy atom. The number of para-hydroxylation sites is 1. The number of hydrogen-bond acceptors (Lipinski definition) is 6. The number of likely N-dealkylation sites (tertiary alicyclic amines) is 1. The quantitative estimate of drug-likeness (QED) is 0.267. The first-order valence-corrected chi connectivity index (χ1v) is 14.0. The maximum atomic E-state index is 14.8. The number of piperidine rings is 1. The van der Waals surface area contributed by atoms with E-state index in [0.29, 0.717) is 29.6 Å². The summed E-state index contributed by atoms with van der Waals surface area (Å²) in [7, 11) is 0. The Kier molecular flexibility index (Phi) is 8.81. The average molecular weight is 606 g/mol. The van der Waals surface area contributed by atoms with Gasteiger partial charge >= 0.3 is 12.6 Å². The Labute approximate surface area is 246 Å². The number of carboxylic acid groups (broad SMARTS) is 1. The maximum absolute atomic E-state index is 14.8. The number of aromatic nitrogens is 2. The lowest BCUT2D eigenvalue weighted by atomic mass is 9.88. The Hall–Kier alpha value is -3.54. The second kappa shape index (κ2) is 12.4. The van der Waals surface area contributed by atoms with E-state index < -0.39 is 30.3 Å². The second-order valence-electron chi connectivity index (χ2n) is 10.6. The number of fused-ring (bicyclic) bond motifs is 1. The molecule has 0 spiro atoms. The summed E-state index contributed by atoms with van der Waals surface area (Å²) in [5.74, 6) is -1.01. The third-order valence-corrected chi connectivity index (χ3v) is 7.80. The Bertz CT molecular complexity index is 1470. The first kappa shape index (κ1) is 29.9. The smallest absolute Gasteiger partial charge is 0.345 e. The summed E-state index contributed by atoms with van der Waals surface area (Å²) in [5, 5.41) is 9.32. The summed E-state index contributed by atoms with van der Waals surface area (Å²) in [5.41, 5.74) is 1.74. The van der Waals surface area contributed by atoms with E-state index in [1.54, 1.807) is 23.6 Å². The van der Waals surface area contributed by atoms with E-state index >= 15 is 0 Å². The van der Waals surface area contributed by atoms with E-state index in [0.717, 1.165) is 37.6 Å². The summed E-state index contributed by atoms with van der Waals surface area (Å²) in [6, 6.07) is 10.1. The van der Waals surface area contributed by atoms with Crippen LogP contribution in [0.25, 0.3) is 6.08 Å². The van der Waals surface area contributed by atoms with Crippen molar-refractivity contribution in [2.45, 2.75) is 64.2 Å². The number of rotatable bonds is 10. The highest BCUT2D eigenvalue weighted by Crippen LogP contribution is 2.49. The summed E-state index contributed by atoms with van der Waals surface area (Å²) in [6.45, 7) is 2.30. The predicted octanol–water partition coefficient (Wildman–Crippen LogP) is 6.42. The van der Waals surface area contributed by atoms with Crippen LogP contribution in [0.1, 0.15) is 55.3 Å². The fourth-order valence-electron chi connectivity index (χ4n) is 5.57. The molecule has 1 fully saturated rings. The van der Waals surface area contributed by atoms with Crippen LogP contribution in [0.2, 0.25) is 5.02 Å². The lowest BCUT2D eigenvalue weighted by molar-refractivity contribution is -0.160. The van der Waals surface area contributed by atoms with Crippen molar-refractivity contribution in [1.29, 1.82) is 0 Å². The number of hydrogen-bond donors (Lipinski definition) is 1. The molecular formula is C30H31ClF3N3O5. The van der Waals surface area contributed by atoms with Crippen LogP contribution in [0.5, 0.6) is 11.5 Å². The fraction of sp³-hybridized carbons (Fsp3) is 0.400. The molecule has 224 valence electrons. The molecule has 0 radical (unpaired) electrons. The van der Waals surface area contributed by atoms with Crippen LogP contribution in [0, 0.1) is 5.82 Å². The largest absolute Gasteiger partial charge is 0.478 e. The number of alkyl halides is 2. The first-order valence-electron chi connectivity index (χ1n) is 13.6. The van der Waals surface area contributed by atoms with Gasteiger partial charge in [-0.15, -0.1) is 0 Å². The average Bonchev–Trinajstić information content (AvgIpc) is 3.47. The summed E-state index contributed by atoms with van der Waals surface area (Å²) in [6.07, 6.45) is 4.71. The summed E-state index contributed by atoms with van der Waals surface area (Å²) >= 11 is 5.93. The van der Waals surface area contributed by atoms with Gasteiger partial charge in [0.1, 0.15) is 11.6 Å². The van der Waals surface area contributed by atoms with Crippen LogP contribution in [0.3, 0.4) is 0 Å². The number of benzene rings is 2. The first-order chi connectivity index (χ1) is 20.0. The van der Waals surface area contributed by atoms with Gasteiger partial charge in [-0.05, 0) is 69.1 Å². The van der Waals surface area contributed by atoms with Gasteiger partial charge in [-0.3, -0.25) is 4.90 Å². The van der Waals surface area contributed by atoms with Crippen LogP contribution in [-0.4, -0.2) is 51.3 Å². The van der Waals surface area contributed by atoms with Crippen LogP contribution >= 0.6 is 11.6 Å². The van der Waals surface area contributed by atoms with Crippen molar-refractivity contribution in [1.82, 2.24) is 14.5 Å². The number of halogens is 4. The van der Waals surface area contributed by atoms with Crippen LogP contribution in [-0.2, 0) is 28.4 Å². The summed E-state index contributed by atoms with van der Waals surface area (Å²) < 4.78 is 59.0. The highest BCUT2D eigenvalue weighted by molar-refractivity contribution is 6.30. The third kappa shape index (κ3) is 6.58.